The summed E-state index contributed by atoms with van der Waals surface area (Å²) in [4.78, 5) is 16.0. The van der Waals surface area contributed by atoms with Crippen molar-refractivity contribution in [2.45, 2.75) is 38.1 Å². The van der Waals surface area contributed by atoms with Crippen LogP contribution in [-0.2, 0) is 11.2 Å². The highest BCUT2D eigenvalue weighted by Gasteiger charge is 2.36. The van der Waals surface area contributed by atoms with Gasteiger partial charge in [-0.05, 0) is 48.6 Å². The van der Waals surface area contributed by atoms with Crippen LogP contribution < -0.4 is 10.6 Å². The molecule has 1 aliphatic heterocycles. The van der Waals surface area contributed by atoms with Crippen LogP contribution in [0.3, 0.4) is 0 Å². The van der Waals surface area contributed by atoms with Gasteiger partial charge in [0.05, 0.1) is 17.4 Å². The smallest absolute Gasteiger partial charge is 0.163 e. The Morgan fingerprint density at radius 2 is 1.69 bits per heavy atom. The average Bonchev–Trinajstić information content (AvgIpc) is 3.16. The standard InChI is InChI=1S/C25H24N2OS/c1-2-18-12-13-23(29-18)25-24-21(26-19-10-6-7-11-20(19)27-25)14-17(15-22(24)28)16-8-4-3-5-9-16/h3-13,17,25-27H,2,14-15H2,1H3/t17-,25-/m1/s1. The van der Waals surface area contributed by atoms with Crippen molar-refractivity contribution in [3.8, 4) is 0 Å². The van der Waals surface area contributed by atoms with Gasteiger partial charge in [0.1, 0.15) is 0 Å². The number of thiophene rings is 1. The molecule has 5 rings (SSSR count). The van der Waals surface area contributed by atoms with Crippen molar-refractivity contribution in [1.82, 2.24) is 0 Å². The van der Waals surface area contributed by atoms with Gasteiger partial charge in [-0.15, -0.1) is 11.3 Å². The number of carbonyl (C=O) groups is 1. The Labute approximate surface area is 175 Å². The molecule has 2 aliphatic rings. The fraction of sp³-hybridized carbons (Fsp3) is 0.240. The Morgan fingerprint density at radius 3 is 2.45 bits per heavy atom. The number of allylic oxidation sites excluding steroid dienone is 1. The molecule has 0 saturated heterocycles. The van der Waals surface area contributed by atoms with Gasteiger partial charge in [-0.2, -0.15) is 0 Å². The van der Waals surface area contributed by atoms with Crippen molar-refractivity contribution in [2.75, 3.05) is 10.6 Å². The molecule has 0 fully saturated rings. The number of rotatable bonds is 3. The predicted molar refractivity (Wildman–Crippen MR) is 121 cm³/mol. The van der Waals surface area contributed by atoms with Gasteiger partial charge in [-0.25, -0.2) is 0 Å². The lowest BCUT2D eigenvalue weighted by atomic mass is 9.79. The molecular formula is C25H24N2OS. The molecule has 0 radical (unpaired) electrons. The van der Waals surface area contributed by atoms with E-state index in [9.17, 15) is 4.79 Å². The van der Waals surface area contributed by atoms with Crippen LogP contribution in [0.4, 0.5) is 11.4 Å². The van der Waals surface area contributed by atoms with Crippen LogP contribution in [0.2, 0.25) is 0 Å². The van der Waals surface area contributed by atoms with Crippen LogP contribution in [0.1, 0.15) is 47.0 Å². The number of ketones is 1. The Kier molecular flexibility index (Phi) is 4.72. The third-order valence-electron chi connectivity index (χ3n) is 5.90. The lowest BCUT2D eigenvalue weighted by molar-refractivity contribution is -0.116. The summed E-state index contributed by atoms with van der Waals surface area (Å²) in [6, 6.07) is 22.9. The van der Waals surface area contributed by atoms with Crippen molar-refractivity contribution >= 4 is 28.5 Å². The maximum atomic E-state index is 13.4. The molecule has 2 aromatic carbocycles. The lowest BCUT2D eigenvalue weighted by Crippen LogP contribution is -2.26. The first-order chi connectivity index (χ1) is 14.2. The van der Waals surface area contributed by atoms with E-state index in [0.29, 0.717) is 6.42 Å². The van der Waals surface area contributed by atoms with E-state index in [0.717, 1.165) is 35.5 Å². The molecule has 4 heteroatoms. The minimum Gasteiger partial charge on any atom is -0.372 e. The molecule has 1 aromatic heterocycles. The van der Waals surface area contributed by atoms with Crippen molar-refractivity contribution in [3.63, 3.8) is 0 Å². The molecule has 29 heavy (non-hydrogen) atoms. The molecule has 0 spiro atoms. The summed E-state index contributed by atoms with van der Waals surface area (Å²) >= 11 is 1.80. The quantitative estimate of drug-likeness (QED) is 0.543. The molecule has 3 aromatic rings. The lowest BCUT2D eigenvalue weighted by Gasteiger charge is -2.29. The summed E-state index contributed by atoms with van der Waals surface area (Å²) < 4.78 is 0. The first-order valence-corrected chi connectivity index (χ1v) is 11.1. The van der Waals surface area contributed by atoms with E-state index < -0.39 is 0 Å². The molecule has 0 saturated carbocycles. The molecule has 1 aliphatic carbocycles. The third kappa shape index (κ3) is 3.38. The van der Waals surface area contributed by atoms with Gasteiger partial charge < -0.3 is 10.6 Å². The Hall–Kier alpha value is -2.85. The topological polar surface area (TPSA) is 41.1 Å². The van der Waals surface area contributed by atoms with Gasteiger partial charge in [0, 0.05) is 27.4 Å². The fourth-order valence-electron chi connectivity index (χ4n) is 4.41. The SMILES string of the molecule is CCc1ccc([C@H]2Nc3ccccc3NC3=C2C(=O)C[C@H](c2ccccc2)C3)s1. The van der Waals surface area contributed by atoms with Gasteiger partial charge in [0.25, 0.3) is 0 Å². The Bertz CT molecular complexity index is 1080. The second-order valence-electron chi connectivity index (χ2n) is 7.74. The first kappa shape index (κ1) is 18.2. The number of benzene rings is 2. The number of fused-ring (bicyclic) bond motifs is 1. The van der Waals surface area contributed by atoms with E-state index in [-0.39, 0.29) is 17.7 Å². The number of nitrogens with one attached hydrogen (secondary N) is 2. The van der Waals surface area contributed by atoms with Crippen molar-refractivity contribution < 1.29 is 4.79 Å². The second kappa shape index (κ2) is 7.53. The number of aryl methyl sites for hydroxylation is 1. The molecule has 3 nitrogen and oxygen atoms in total. The van der Waals surface area contributed by atoms with Gasteiger partial charge in [-0.1, -0.05) is 49.4 Å². The largest absolute Gasteiger partial charge is 0.372 e. The van der Waals surface area contributed by atoms with Crippen molar-refractivity contribution in [1.29, 1.82) is 0 Å². The van der Waals surface area contributed by atoms with E-state index in [1.807, 2.05) is 18.2 Å². The van der Waals surface area contributed by atoms with Crippen LogP contribution in [0, 0.1) is 0 Å². The van der Waals surface area contributed by atoms with E-state index in [1.54, 1.807) is 11.3 Å². The van der Waals surface area contributed by atoms with Gasteiger partial charge in [0.2, 0.25) is 0 Å². The summed E-state index contributed by atoms with van der Waals surface area (Å²) in [7, 11) is 0. The van der Waals surface area contributed by atoms with Crippen molar-refractivity contribution in [2.24, 2.45) is 0 Å². The van der Waals surface area contributed by atoms with E-state index in [4.69, 9.17) is 0 Å². The highest BCUT2D eigenvalue weighted by Crippen LogP contribution is 2.45. The Morgan fingerprint density at radius 1 is 0.931 bits per heavy atom. The second-order valence-corrected chi connectivity index (χ2v) is 8.94. The number of anilines is 2. The zero-order chi connectivity index (χ0) is 19.8. The molecule has 146 valence electrons. The van der Waals surface area contributed by atoms with E-state index in [1.165, 1.54) is 15.3 Å². The normalized spacial score (nSPS) is 20.9. The molecule has 2 heterocycles. The summed E-state index contributed by atoms with van der Waals surface area (Å²) in [5.41, 5.74) is 5.28. The highest BCUT2D eigenvalue weighted by molar-refractivity contribution is 7.12. The summed E-state index contributed by atoms with van der Waals surface area (Å²) in [6.45, 7) is 2.17. The zero-order valence-electron chi connectivity index (χ0n) is 16.4. The maximum Gasteiger partial charge on any atom is 0.163 e. The maximum absolute atomic E-state index is 13.4. The van der Waals surface area contributed by atoms with Crippen LogP contribution in [0.5, 0.6) is 0 Å². The minimum atomic E-state index is -0.101. The molecule has 0 unspecified atom stereocenters. The average molecular weight is 401 g/mol. The van der Waals surface area contributed by atoms with Gasteiger partial charge >= 0.3 is 0 Å². The third-order valence-corrected chi connectivity index (χ3v) is 7.19. The van der Waals surface area contributed by atoms with Gasteiger partial charge in [0.15, 0.2) is 5.78 Å². The molecule has 2 N–H and O–H groups in total. The number of carbonyl (C=O) groups excluding carboxylic acids is 1. The van der Waals surface area contributed by atoms with Crippen LogP contribution in [0.15, 0.2) is 78.0 Å². The number of hydrogen-bond acceptors (Lipinski definition) is 4. The highest BCUT2D eigenvalue weighted by atomic mass is 32.1. The Balaban J connectivity index is 1.60. The van der Waals surface area contributed by atoms with Crippen LogP contribution >= 0.6 is 11.3 Å². The van der Waals surface area contributed by atoms with E-state index >= 15 is 0 Å². The molecule has 0 bridgehead atoms. The van der Waals surface area contributed by atoms with Crippen molar-refractivity contribution in [3.05, 3.63) is 93.3 Å². The first-order valence-electron chi connectivity index (χ1n) is 10.3. The van der Waals surface area contributed by atoms with E-state index in [2.05, 4.69) is 66.1 Å². The fourth-order valence-corrected chi connectivity index (χ4v) is 5.42. The monoisotopic (exact) mass is 400 g/mol. The molecular weight excluding hydrogens is 376 g/mol. The predicted octanol–water partition coefficient (Wildman–Crippen LogP) is 6.29. The number of Topliss-reactive ketones (excluding diaryl/α,β-unsaturated/α-hetero) is 1. The summed E-state index contributed by atoms with van der Waals surface area (Å²) in [6.07, 6.45) is 2.43. The zero-order valence-corrected chi connectivity index (χ0v) is 17.3. The number of para-hydroxylation sites is 2. The summed E-state index contributed by atoms with van der Waals surface area (Å²) in [5, 5.41) is 7.28. The molecule has 2 atom stereocenters. The number of hydrogen-bond donors (Lipinski definition) is 2. The van der Waals surface area contributed by atoms with Crippen LogP contribution in [-0.4, -0.2) is 5.78 Å². The van der Waals surface area contributed by atoms with Gasteiger partial charge in [-0.3, -0.25) is 4.79 Å². The minimum absolute atomic E-state index is 0.101. The van der Waals surface area contributed by atoms with Crippen LogP contribution in [0.25, 0.3) is 0 Å². The summed E-state index contributed by atoms with van der Waals surface area (Å²) in [5.74, 6) is 0.458. The molecule has 0 amide bonds.